The summed E-state index contributed by atoms with van der Waals surface area (Å²) in [6, 6.07) is 7.03. The Morgan fingerprint density at radius 1 is 1.29 bits per heavy atom. The highest BCUT2D eigenvalue weighted by Gasteiger charge is 2.18. The molecule has 4 nitrogen and oxygen atoms in total. The lowest BCUT2D eigenvalue weighted by molar-refractivity contribution is 0.0936. The number of benzene rings is 1. The van der Waals surface area contributed by atoms with E-state index >= 15 is 0 Å². The minimum Gasteiger partial charge on any atom is -0.493 e. The molecule has 1 rings (SSSR count). The first kappa shape index (κ1) is 17.9. The third kappa shape index (κ3) is 5.98. The lowest BCUT2D eigenvalue weighted by Gasteiger charge is -2.21. The largest absolute Gasteiger partial charge is 0.493 e. The van der Waals surface area contributed by atoms with Crippen LogP contribution in [0.15, 0.2) is 24.3 Å². The summed E-state index contributed by atoms with van der Waals surface area (Å²) < 4.78 is 5.59. The molecule has 21 heavy (non-hydrogen) atoms. The number of ether oxygens (including phenoxy) is 1. The number of hydrogen-bond donors (Lipinski definition) is 2. The normalized spacial score (nSPS) is 13.8. The Morgan fingerprint density at radius 3 is 2.38 bits per heavy atom. The van der Waals surface area contributed by atoms with Gasteiger partial charge in [-0.3, -0.25) is 4.79 Å². The summed E-state index contributed by atoms with van der Waals surface area (Å²) in [5, 5.41) is 12.1. The van der Waals surface area contributed by atoms with Gasteiger partial charge in [0.2, 0.25) is 0 Å². The predicted molar refractivity (Wildman–Crippen MR) is 88.1 cm³/mol. The Kier molecular flexibility index (Phi) is 7.61. The van der Waals surface area contributed by atoms with Crippen LogP contribution < -0.4 is 10.1 Å². The van der Waals surface area contributed by atoms with Gasteiger partial charge in [0.15, 0.2) is 0 Å². The SMILES string of the molecule is CSC(CO)C(C)NC(=O)c1ccc(OCC(C)C)cc1. The molecule has 2 atom stereocenters. The van der Waals surface area contributed by atoms with E-state index in [1.54, 1.807) is 36.0 Å². The van der Waals surface area contributed by atoms with Crippen LogP contribution in [0.5, 0.6) is 5.75 Å². The smallest absolute Gasteiger partial charge is 0.251 e. The lowest BCUT2D eigenvalue weighted by Crippen LogP contribution is -2.41. The van der Waals surface area contributed by atoms with E-state index in [4.69, 9.17) is 4.74 Å². The third-order valence-corrected chi connectivity index (χ3v) is 4.26. The van der Waals surface area contributed by atoms with Crippen LogP contribution in [0.3, 0.4) is 0 Å². The Bertz CT molecular complexity index is 430. The second-order valence-corrected chi connectivity index (χ2v) is 6.52. The first-order chi connectivity index (χ1) is 9.97. The maximum atomic E-state index is 12.1. The molecule has 2 N–H and O–H groups in total. The molecule has 0 saturated heterocycles. The Balaban J connectivity index is 2.58. The van der Waals surface area contributed by atoms with Gasteiger partial charge in [-0.1, -0.05) is 13.8 Å². The minimum atomic E-state index is -0.134. The van der Waals surface area contributed by atoms with Crippen LogP contribution in [0.25, 0.3) is 0 Å². The first-order valence-corrected chi connectivity index (χ1v) is 8.44. The van der Waals surface area contributed by atoms with Crippen molar-refractivity contribution in [2.75, 3.05) is 19.5 Å². The van der Waals surface area contributed by atoms with Crippen molar-refractivity contribution in [1.82, 2.24) is 5.32 Å². The van der Waals surface area contributed by atoms with E-state index in [9.17, 15) is 9.90 Å². The van der Waals surface area contributed by atoms with Gasteiger partial charge in [-0.25, -0.2) is 0 Å². The summed E-state index contributed by atoms with van der Waals surface area (Å²) in [5.74, 6) is 1.10. The molecule has 0 radical (unpaired) electrons. The topological polar surface area (TPSA) is 58.6 Å². The van der Waals surface area contributed by atoms with E-state index in [2.05, 4.69) is 19.2 Å². The van der Waals surface area contributed by atoms with Crippen molar-refractivity contribution in [1.29, 1.82) is 0 Å². The highest BCUT2D eigenvalue weighted by atomic mass is 32.2. The molecule has 1 aromatic rings. The Hall–Kier alpha value is -1.20. The minimum absolute atomic E-state index is 0.00241. The van der Waals surface area contributed by atoms with Crippen molar-refractivity contribution in [3.05, 3.63) is 29.8 Å². The number of thioether (sulfide) groups is 1. The van der Waals surface area contributed by atoms with E-state index < -0.39 is 0 Å². The van der Waals surface area contributed by atoms with Gasteiger partial charge in [0.25, 0.3) is 5.91 Å². The highest BCUT2D eigenvalue weighted by Crippen LogP contribution is 2.15. The summed E-state index contributed by atoms with van der Waals surface area (Å²) >= 11 is 1.54. The van der Waals surface area contributed by atoms with Crippen molar-refractivity contribution in [3.63, 3.8) is 0 Å². The summed E-state index contributed by atoms with van der Waals surface area (Å²) in [6.07, 6.45) is 1.92. The molecule has 118 valence electrons. The average Bonchev–Trinajstić information content (AvgIpc) is 2.46. The number of rotatable bonds is 8. The van der Waals surface area contributed by atoms with Crippen molar-refractivity contribution in [2.45, 2.75) is 32.1 Å². The fourth-order valence-electron chi connectivity index (χ4n) is 1.79. The zero-order valence-corrected chi connectivity index (χ0v) is 13.9. The highest BCUT2D eigenvalue weighted by molar-refractivity contribution is 7.99. The molecule has 5 heteroatoms. The van der Waals surface area contributed by atoms with Crippen LogP contribution in [0.1, 0.15) is 31.1 Å². The second kappa shape index (κ2) is 8.95. The van der Waals surface area contributed by atoms with Gasteiger partial charge in [0, 0.05) is 16.9 Å². The average molecular weight is 311 g/mol. The van der Waals surface area contributed by atoms with Crippen LogP contribution in [0, 0.1) is 5.92 Å². The standard InChI is InChI=1S/C16H25NO3S/c1-11(2)10-20-14-7-5-13(6-8-14)16(19)17-12(3)15(9-18)21-4/h5-8,11-12,15,18H,9-10H2,1-4H3,(H,17,19). The van der Waals surface area contributed by atoms with Crippen molar-refractivity contribution in [2.24, 2.45) is 5.92 Å². The molecule has 0 saturated carbocycles. The molecule has 0 spiro atoms. The number of carbonyl (C=O) groups excluding carboxylic acids is 1. The third-order valence-electron chi connectivity index (χ3n) is 3.10. The molecule has 1 aromatic carbocycles. The second-order valence-electron chi connectivity index (χ2n) is 5.45. The molecule has 0 aliphatic heterocycles. The summed E-state index contributed by atoms with van der Waals surface area (Å²) in [4.78, 5) is 12.1. The number of aliphatic hydroxyl groups excluding tert-OH is 1. The Labute approximate surface area is 131 Å². The molecular weight excluding hydrogens is 286 g/mol. The maximum Gasteiger partial charge on any atom is 0.251 e. The monoisotopic (exact) mass is 311 g/mol. The fraction of sp³-hybridized carbons (Fsp3) is 0.562. The molecule has 2 unspecified atom stereocenters. The van der Waals surface area contributed by atoms with Crippen molar-refractivity contribution < 1.29 is 14.6 Å². The van der Waals surface area contributed by atoms with Crippen LogP contribution in [-0.4, -0.2) is 41.8 Å². The van der Waals surface area contributed by atoms with E-state index in [1.807, 2.05) is 13.2 Å². The molecule has 0 aliphatic carbocycles. The first-order valence-electron chi connectivity index (χ1n) is 7.15. The molecule has 0 fully saturated rings. The zero-order valence-electron chi connectivity index (χ0n) is 13.1. The molecule has 0 aliphatic rings. The summed E-state index contributed by atoms with van der Waals surface area (Å²) in [7, 11) is 0. The van der Waals surface area contributed by atoms with E-state index in [1.165, 1.54) is 0 Å². The number of carbonyl (C=O) groups is 1. The maximum absolute atomic E-state index is 12.1. The molecule has 0 heterocycles. The van der Waals surface area contributed by atoms with Crippen LogP contribution in [0.4, 0.5) is 0 Å². The molecule has 0 aromatic heterocycles. The fourth-order valence-corrected chi connectivity index (χ4v) is 2.41. The lowest BCUT2D eigenvalue weighted by atomic mass is 10.1. The molecular formula is C16H25NO3S. The van der Waals surface area contributed by atoms with Gasteiger partial charge in [0.05, 0.1) is 13.2 Å². The summed E-state index contributed by atoms with van der Waals surface area (Å²) in [5.41, 5.74) is 0.594. The van der Waals surface area contributed by atoms with Crippen LogP contribution in [-0.2, 0) is 0 Å². The van der Waals surface area contributed by atoms with Gasteiger partial charge in [-0.05, 0) is 43.4 Å². The van der Waals surface area contributed by atoms with Crippen molar-refractivity contribution >= 4 is 17.7 Å². The number of hydrogen-bond acceptors (Lipinski definition) is 4. The van der Waals surface area contributed by atoms with Gasteiger partial charge in [-0.2, -0.15) is 11.8 Å². The van der Waals surface area contributed by atoms with Gasteiger partial charge < -0.3 is 15.2 Å². The van der Waals surface area contributed by atoms with Gasteiger partial charge in [0.1, 0.15) is 5.75 Å². The van der Waals surface area contributed by atoms with Crippen LogP contribution in [0.2, 0.25) is 0 Å². The number of amides is 1. The van der Waals surface area contributed by atoms with E-state index in [0.29, 0.717) is 18.1 Å². The van der Waals surface area contributed by atoms with Crippen molar-refractivity contribution in [3.8, 4) is 5.75 Å². The van der Waals surface area contributed by atoms with Crippen LogP contribution >= 0.6 is 11.8 Å². The zero-order chi connectivity index (χ0) is 15.8. The summed E-state index contributed by atoms with van der Waals surface area (Å²) in [6.45, 7) is 6.79. The molecule has 1 amide bonds. The van der Waals surface area contributed by atoms with Gasteiger partial charge in [-0.15, -0.1) is 0 Å². The quantitative estimate of drug-likeness (QED) is 0.775. The predicted octanol–water partition coefficient (Wildman–Crippen LogP) is 2.56. The van der Waals surface area contributed by atoms with E-state index in [0.717, 1.165) is 5.75 Å². The number of nitrogens with one attached hydrogen (secondary N) is 1. The van der Waals surface area contributed by atoms with E-state index in [-0.39, 0.29) is 23.8 Å². The molecule has 0 bridgehead atoms. The Morgan fingerprint density at radius 2 is 1.90 bits per heavy atom. The van der Waals surface area contributed by atoms with Gasteiger partial charge >= 0.3 is 0 Å². The number of aliphatic hydroxyl groups is 1.